The van der Waals surface area contributed by atoms with E-state index in [4.69, 9.17) is 0 Å². The van der Waals surface area contributed by atoms with Crippen LogP contribution in [0.4, 0.5) is 26.3 Å². The molecule has 2 aromatic heterocycles. The summed E-state index contributed by atoms with van der Waals surface area (Å²) in [7, 11) is 0. The quantitative estimate of drug-likeness (QED) is 0.0994. The summed E-state index contributed by atoms with van der Waals surface area (Å²) in [4.78, 5) is 0. The molecule has 0 nitrogen and oxygen atoms in total. The third-order valence-corrected chi connectivity index (χ3v) is 12.2. The molecule has 0 unspecified atom stereocenters. The van der Waals surface area contributed by atoms with Crippen LogP contribution in [0.5, 0.6) is 0 Å². The van der Waals surface area contributed by atoms with E-state index in [1.165, 1.54) is 32.8 Å². The van der Waals surface area contributed by atoms with E-state index in [1.54, 1.807) is 24.3 Å². The Bertz CT molecular complexity index is 1980. The average Bonchev–Trinajstić information content (AvgIpc) is 3.56. The van der Waals surface area contributed by atoms with Crippen LogP contribution < -0.4 is 0 Å². The molecular formula is C32H14F6Se2. The molecule has 196 valence electrons. The van der Waals surface area contributed by atoms with Crippen molar-refractivity contribution in [2.45, 2.75) is 0 Å². The molecule has 0 atom stereocenters. The summed E-state index contributed by atoms with van der Waals surface area (Å²) in [6, 6.07) is 24.8. The van der Waals surface area contributed by atoms with Crippen molar-refractivity contribution in [2.75, 3.05) is 0 Å². The van der Waals surface area contributed by atoms with Crippen LogP contribution in [0.25, 0.3) is 72.5 Å². The van der Waals surface area contributed by atoms with Gasteiger partial charge < -0.3 is 0 Å². The van der Waals surface area contributed by atoms with Gasteiger partial charge in [0.1, 0.15) is 0 Å². The molecule has 0 N–H and O–H groups in total. The molecule has 5 aromatic carbocycles. The van der Waals surface area contributed by atoms with Gasteiger partial charge >= 0.3 is 236 Å². The van der Waals surface area contributed by atoms with Crippen LogP contribution in [0.1, 0.15) is 11.1 Å². The molecule has 0 aliphatic rings. The standard InChI is InChI=1S/C32H14F6Se2/c33-27(31(35)36)15-7-11-17(12-8-15)29-25-19-3-1-5-21-23(19)26(20-4-2-6-22(40-29)24(20)25)30(39-21)18-13-9-16(10-14-18)28(34)32(37)38/h1-14H. The van der Waals surface area contributed by atoms with Crippen molar-refractivity contribution >= 4 is 81.5 Å². The summed E-state index contributed by atoms with van der Waals surface area (Å²) in [6.07, 6.45) is -4.68. The minimum atomic E-state index is -2.34. The van der Waals surface area contributed by atoms with Crippen LogP contribution in [0.2, 0.25) is 0 Å². The normalized spacial score (nSPS) is 11.8. The maximum absolute atomic E-state index is 13.8. The Kier molecular flexibility index (Phi) is 6.06. The van der Waals surface area contributed by atoms with Crippen molar-refractivity contribution < 1.29 is 26.3 Å². The Morgan fingerprint density at radius 2 is 0.800 bits per heavy atom. The fraction of sp³-hybridized carbons (Fsp3) is 0. The summed E-state index contributed by atoms with van der Waals surface area (Å²) in [5.41, 5.74) is 1.42. The molecule has 2 heterocycles. The van der Waals surface area contributed by atoms with Crippen molar-refractivity contribution in [3.8, 4) is 20.0 Å². The zero-order valence-corrected chi connectivity index (χ0v) is 23.6. The Hall–Kier alpha value is -3.54. The summed E-state index contributed by atoms with van der Waals surface area (Å²) in [6.45, 7) is 0. The predicted octanol–water partition coefficient (Wildman–Crippen LogP) is 10.3. The van der Waals surface area contributed by atoms with Gasteiger partial charge in [0, 0.05) is 0 Å². The summed E-state index contributed by atoms with van der Waals surface area (Å²) >= 11 is -0.145. The zero-order chi connectivity index (χ0) is 27.7. The Labute approximate surface area is 235 Å². The summed E-state index contributed by atoms with van der Waals surface area (Å²) in [5.74, 6) is -3.03. The van der Waals surface area contributed by atoms with E-state index in [2.05, 4.69) is 24.3 Å². The number of fused-ring (bicyclic) bond motifs is 2. The molecule has 0 amide bonds. The first-order valence-corrected chi connectivity index (χ1v) is 15.5. The van der Waals surface area contributed by atoms with Gasteiger partial charge in [-0.2, -0.15) is 0 Å². The van der Waals surface area contributed by atoms with Crippen LogP contribution in [0.3, 0.4) is 0 Å². The van der Waals surface area contributed by atoms with Gasteiger partial charge in [0.15, 0.2) is 0 Å². The monoisotopic (exact) mass is 672 g/mol. The van der Waals surface area contributed by atoms with E-state index in [0.29, 0.717) is 0 Å². The van der Waals surface area contributed by atoms with Crippen molar-refractivity contribution in [2.24, 2.45) is 0 Å². The van der Waals surface area contributed by atoms with Crippen LogP contribution in [-0.2, 0) is 0 Å². The molecule has 0 saturated carbocycles. The van der Waals surface area contributed by atoms with Gasteiger partial charge in [0.05, 0.1) is 0 Å². The molecule has 7 rings (SSSR count). The van der Waals surface area contributed by atoms with E-state index < -0.39 is 23.8 Å². The molecule has 0 radical (unpaired) electrons. The Balaban J connectivity index is 1.51. The van der Waals surface area contributed by atoms with Crippen LogP contribution in [0.15, 0.2) is 97.1 Å². The van der Waals surface area contributed by atoms with E-state index >= 15 is 0 Å². The van der Waals surface area contributed by atoms with Crippen molar-refractivity contribution in [1.82, 2.24) is 0 Å². The van der Waals surface area contributed by atoms with Gasteiger partial charge in [-0.15, -0.1) is 0 Å². The molecule has 0 bridgehead atoms. The molecule has 0 saturated heterocycles. The SMILES string of the molecule is FC(F)=C(F)c1ccc(-c2[se]c3cccc4c5c(-c6ccc(C(F)=C(F)F)cc6)[se]c6cccc(c2c34)c65)cc1. The minimum absolute atomic E-state index is 0.0723. The van der Waals surface area contributed by atoms with E-state index in [-0.39, 0.29) is 40.1 Å². The van der Waals surface area contributed by atoms with E-state index in [1.807, 2.05) is 12.1 Å². The first-order valence-electron chi connectivity index (χ1n) is 12.1. The van der Waals surface area contributed by atoms with Gasteiger partial charge in [0.25, 0.3) is 0 Å². The molecule has 0 fully saturated rings. The van der Waals surface area contributed by atoms with Crippen molar-refractivity contribution in [3.05, 3.63) is 108 Å². The number of hydrogen-bond donors (Lipinski definition) is 0. The third-order valence-electron chi connectivity index (χ3n) is 7.10. The molecular weight excluding hydrogens is 656 g/mol. The first-order chi connectivity index (χ1) is 19.3. The molecule has 7 aromatic rings. The Morgan fingerprint density at radius 1 is 0.425 bits per heavy atom. The number of hydrogen-bond acceptors (Lipinski definition) is 0. The topological polar surface area (TPSA) is 0 Å². The first kappa shape index (κ1) is 25.4. The maximum atomic E-state index is 13.8. The van der Waals surface area contributed by atoms with Gasteiger partial charge in [-0.1, -0.05) is 0 Å². The molecule has 0 spiro atoms. The fourth-order valence-electron chi connectivity index (χ4n) is 5.39. The number of benzene rings is 5. The van der Waals surface area contributed by atoms with Crippen LogP contribution in [-0.4, -0.2) is 29.0 Å². The average molecular weight is 670 g/mol. The second kappa shape index (κ2) is 9.53. The predicted molar refractivity (Wildman–Crippen MR) is 153 cm³/mol. The number of rotatable bonds is 4. The second-order valence-electron chi connectivity index (χ2n) is 9.27. The van der Waals surface area contributed by atoms with Crippen LogP contribution in [0, 0.1) is 0 Å². The Morgan fingerprint density at radius 3 is 1.15 bits per heavy atom. The molecule has 0 aliphatic carbocycles. The molecule has 0 aliphatic heterocycles. The zero-order valence-electron chi connectivity index (χ0n) is 20.2. The molecule has 40 heavy (non-hydrogen) atoms. The van der Waals surface area contributed by atoms with Gasteiger partial charge in [-0.3, -0.25) is 0 Å². The van der Waals surface area contributed by atoms with E-state index in [9.17, 15) is 26.3 Å². The van der Waals surface area contributed by atoms with Crippen molar-refractivity contribution in [3.63, 3.8) is 0 Å². The number of halogens is 6. The molecule has 8 heteroatoms. The summed E-state index contributed by atoms with van der Waals surface area (Å²) in [5, 5.41) is 6.70. The fourth-order valence-corrected chi connectivity index (χ4v) is 10.6. The third kappa shape index (κ3) is 3.82. The van der Waals surface area contributed by atoms with Gasteiger partial charge in [-0.25, -0.2) is 0 Å². The van der Waals surface area contributed by atoms with Crippen LogP contribution >= 0.6 is 0 Å². The second-order valence-corrected chi connectivity index (χ2v) is 13.7. The van der Waals surface area contributed by atoms with Gasteiger partial charge in [-0.05, 0) is 0 Å². The van der Waals surface area contributed by atoms with Gasteiger partial charge in [0.2, 0.25) is 0 Å². The van der Waals surface area contributed by atoms with E-state index in [0.717, 1.165) is 52.3 Å². The van der Waals surface area contributed by atoms with Crippen molar-refractivity contribution in [1.29, 1.82) is 0 Å². The summed E-state index contributed by atoms with van der Waals surface area (Å²) < 4.78 is 83.4.